The Morgan fingerprint density at radius 3 is 2.74 bits per heavy atom. The van der Waals surface area contributed by atoms with Crippen molar-refractivity contribution >= 4 is 21.6 Å². The second kappa shape index (κ2) is 7.12. The van der Waals surface area contributed by atoms with Crippen LogP contribution < -0.4 is 5.32 Å². The number of carbonyl (C=O) groups excluding carboxylic acids is 1. The van der Waals surface area contributed by atoms with Crippen LogP contribution in [0.4, 0.5) is 19.3 Å². The summed E-state index contributed by atoms with van der Waals surface area (Å²) in [6.45, 7) is 0.859. The molecule has 0 aliphatic carbocycles. The zero-order chi connectivity index (χ0) is 17.0. The predicted molar refractivity (Wildman–Crippen MR) is 80.3 cm³/mol. The second-order valence-corrected chi connectivity index (χ2v) is 7.09. The van der Waals surface area contributed by atoms with E-state index in [9.17, 15) is 22.0 Å². The Labute approximate surface area is 133 Å². The van der Waals surface area contributed by atoms with Gasteiger partial charge in [0.25, 0.3) is 0 Å². The zero-order valence-electron chi connectivity index (χ0n) is 12.5. The molecule has 1 aromatic carbocycles. The molecule has 0 saturated carbocycles. The summed E-state index contributed by atoms with van der Waals surface area (Å²) in [4.78, 5) is 12.6. The first-order valence-corrected chi connectivity index (χ1v) is 8.61. The molecule has 0 radical (unpaired) electrons. The molecule has 1 heterocycles. The van der Waals surface area contributed by atoms with Gasteiger partial charge in [0.15, 0.2) is 0 Å². The third kappa shape index (κ3) is 3.90. The molecule has 1 fully saturated rings. The Morgan fingerprint density at radius 2 is 2.09 bits per heavy atom. The molecular weight excluding hydrogens is 330 g/mol. The first-order chi connectivity index (χ1) is 10.9. The summed E-state index contributed by atoms with van der Waals surface area (Å²) in [5, 5.41) is 2.96. The molecule has 1 saturated heterocycles. The van der Waals surface area contributed by atoms with Crippen LogP contribution in [0.2, 0.25) is 0 Å². The highest BCUT2D eigenvalue weighted by molar-refractivity contribution is 7.91. The van der Waals surface area contributed by atoms with E-state index in [1.807, 2.05) is 0 Å². The fraction of sp³-hybridized carbons (Fsp3) is 0.500. The average Bonchev–Trinajstić information content (AvgIpc) is 2.54. The zero-order valence-corrected chi connectivity index (χ0v) is 13.4. The van der Waals surface area contributed by atoms with Crippen molar-refractivity contribution in [3.8, 4) is 0 Å². The van der Waals surface area contributed by atoms with Crippen LogP contribution in [0.25, 0.3) is 0 Å². The molecule has 6 nitrogen and oxygen atoms in total. The summed E-state index contributed by atoms with van der Waals surface area (Å²) < 4.78 is 53.7. The van der Waals surface area contributed by atoms with Crippen LogP contribution in [0.15, 0.2) is 29.2 Å². The van der Waals surface area contributed by atoms with Crippen LogP contribution in [0.5, 0.6) is 0 Å². The average molecular weight is 348 g/mol. The van der Waals surface area contributed by atoms with Gasteiger partial charge in [0.2, 0.25) is 9.84 Å². The summed E-state index contributed by atoms with van der Waals surface area (Å²) >= 11 is 0. The lowest BCUT2D eigenvalue weighted by molar-refractivity contribution is 0.113. The van der Waals surface area contributed by atoms with Gasteiger partial charge in [-0.1, -0.05) is 12.1 Å². The van der Waals surface area contributed by atoms with Crippen molar-refractivity contribution in [3.63, 3.8) is 0 Å². The maximum atomic E-state index is 12.8. The lowest BCUT2D eigenvalue weighted by atomic mass is 10.1. The van der Waals surface area contributed by atoms with E-state index in [2.05, 4.69) is 10.1 Å². The van der Waals surface area contributed by atoms with Gasteiger partial charge in [-0.25, -0.2) is 13.2 Å². The van der Waals surface area contributed by atoms with Crippen LogP contribution >= 0.6 is 0 Å². The Bertz CT molecular complexity index is 666. The SMILES string of the molecule is COC(=O)N1CCC[C@H](Nc2ccccc2S(=O)(=O)C(F)F)C1. The fourth-order valence-electron chi connectivity index (χ4n) is 2.54. The number of ether oxygens (including phenoxy) is 1. The Kier molecular flexibility index (Phi) is 5.40. The number of sulfone groups is 1. The molecule has 1 aromatic rings. The minimum Gasteiger partial charge on any atom is -0.453 e. The molecule has 0 aromatic heterocycles. The molecule has 2 rings (SSSR count). The topological polar surface area (TPSA) is 75.7 Å². The van der Waals surface area contributed by atoms with Crippen LogP contribution in [0, 0.1) is 0 Å². The van der Waals surface area contributed by atoms with E-state index in [0.717, 1.165) is 6.07 Å². The third-order valence-corrected chi connectivity index (χ3v) is 5.08. The Balaban J connectivity index is 2.19. The fourth-order valence-corrected chi connectivity index (χ4v) is 3.43. The molecule has 1 aliphatic rings. The van der Waals surface area contributed by atoms with Crippen LogP contribution in [-0.2, 0) is 14.6 Å². The van der Waals surface area contributed by atoms with Crippen molar-refractivity contribution in [1.82, 2.24) is 4.90 Å². The largest absolute Gasteiger partial charge is 0.453 e. The number of likely N-dealkylation sites (tertiary alicyclic amines) is 1. The summed E-state index contributed by atoms with van der Waals surface area (Å²) in [7, 11) is -3.41. The van der Waals surface area contributed by atoms with Gasteiger partial charge in [0.1, 0.15) is 0 Å². The molecule has 0 spiro atoms. The van der Waals surface area contributed by atoms with Crippen molar-refractivity contribution < 1.29 is 26.7 Å². The van der Waals surface area contributed by atoms with Gasteiger partial charge in [0.05, 0.1) is 17.7 Å². The normalized spacial score (nSPS) is 18.8. The molecule has 1 N–H and O–H groups in total. The summed E-state index contributed by atoms with van der Waals surface area (Å²) in [5.74, 6) is -3.48. The summed E-state index contributed by atoms with van der Waals surface area (Å²) in [6, 6.07) is 5.30. The van der Waals surface area contributed by atoms with Crippen molar-refractivity contribution in [3.05, 3.63) is 24.3 Å². The number of nitrogens with one attached hydrogen (secondary N) is 1. The van der Waals surface area contributed by atoms with E-state index in [0.29, 0.717) is 25.9 Å². The van der Waals surface area contributed by atoms with E-state index in [-0.39, 0.29) is 11.7 Å². The number of methoxy groups -OCH3 is 1. The summed E-state index contributed by atoms with van der Waals surface area (Å²) in [5.41, 5.74) is 0.115. The number of benzene rings is 1. The molecule has 9 heteroatoms. The number of anilines is 1. The van der Waals surface area contributed by atoms with Gasteiger partial charge in [0, 0.05) is 19.1 Å². The van der Waals surface area contributed by atoms with Gasteiger partial charge in [-0.3, -0.25) is 0 Å². The van der Waals surface area contributed by atoms with E-state index >= 15 is 0 Å². The van der Waals surface area contributed by atoms with E-state index in [1.165, 1.54) is 24.1 Å². The number of nitrogens with zero attached hydrogens (tertiary/aromatic N) is 1. The summed E-state index contributed by atoms with van der Waals surface area (Å²) in [6.07, 6.45) is 0.928. The smallest absolute Gasteiger partial charge is 0.409 e. The van der Waals surface area contributed by atoms with Gasteiger partial charge < -0.3 is 15.0 Å². The van der Waals surface area contributed by atoms with Crippen LogP contribution in [-0.4, -0.2) is 51.4 Å². The number of hydrogen-bond donors (Lipinski definition) is 1. The lowest BCUT2D eigenvalue weighted by Crippen LogP contribution is -2.45. The van der Waals surface area contributed by atoms with Crippen molar-refractivity contribution in [2.24, 2.45) is 0 Å². The molecule has 23 heavy (non-hydrogen) atoms. The second-order valence-electron chi connectivity index (χ2n) is 5.20. The van der Waals surface area contributed by atoms with E-state index < -0.39 is 26.6 Å². The predicted octanol–water partition coefficient (Wildman–Crippen LogP) is 2.33. The highest BCUT2D eigenvalue weighted by Gasteiger charge is 2.30. The van der Waals surface area contributed by atoms with Gasteiger partial charge >= 0.3 is 11.9 Å². The first kappa shape index (κ1) is 17.5. The lowest BCUT2D eigenvalue weighted by Gasteiger charge is -2.33. The van der Waals surface area contributed by atoms with Gasteiger partial charge in [-0.2, -0.15) is 8.78 Å². The molecular formula is C14H18F2N2O4S. The first-order valence-electron chi connectivity index (χ1n) is 7.06. The molecule has 0 bridgehead atoms. The maximum absolute atomic E-state index is 12.8. The van der Waals surface area contributed by atoms with E-state index in [1.54, 1.807) is 6.07 Å². The molecule has 1 atom stereocenters. The third-order valence-electron chi connectivity index (χ3n) is 3.64. The monoisotopic (exact) mass is 348 g/mol. The number of para-hydroxylation sites is 1. The van der Waals surface area contributed by atoms with Crippen molar-refractivity contribution in [2.75, 3.05) is 25.5 Å². The molecule has 128 valence electrons. The quantitative estimate of drug-likeness (QED) is 0.904. The highest BCUT2D eigenvalue weighted by Crippen LogP contribution is 2.27. The highest BCUT2D eigenvalue weighted by atomic mass is 32.2. The van der Waals surface area contributed by atoms with Crippen molar-refractivity contribution in [1.29, 1.82) is 0 Å². The number of amides is 1. The number of alkyl halides is 2. The minimum absolute atomic E-state index is 0.115. The Hall–Kier alpha value is -1.90. The van der Waals surface area contributed by atoms with Gasteiger partial charge in [-0.05, 0) is 25.0 Å². The van der Waals surface area contributed by atoms with Crippen molar-refractivity contribution in [2.45, 2.75) is 29.5 Å². The molecule has 1 aliphatic heterocycles. The van der Waals surface area contributed by atoms with Crippen LogP contribution in [0.3, 0.4) is 0 Å². The molecule has 1 amide bonds. The number of hydrogen-bond acceptors (Lipinski definition) is 5. The number of piperidine rings is 1. The standard InChI is InChI=1S/C14H18F2N2O4S/c1-22-14(19)18-8-4-5-10(9-18)17-11-6-2-3-7-12(11)23(20,21)13(15)16/h2-3,6-7,10,13,17H,4-5,8-9H2,1H3/t10-/m0/s1. The van der Waals surface area contributed by atoms with Gasteiger partial charge in [-0.15, -0.1) is 0 Å². The Morgan fingerprint density at radius 1 is 1.39 bits per heavy atom. The van der Waals surface area contributed by atoms with Crippen LogP contribution in [0.1, 0.15) is 12.8 Å². The minimum atomic E-state index is -4.69. The van der Waals surface area contributed by atoms with E-state index in [4.69, 9.17) is 0 Å². The maximum Gasteiger partial charge on any atom is 0.409 e. The number of halogens is 2. The number of rotatable bonds is 4. The molecule has 0 unspecified atom stereocenters. The number of carbonyl (C=O) groups is 1.